The molecule has 3 rings (SSSR count). The predicted molar refractivity (Wildman–Crippen MR) is 134 cm³/mol. The molecule has 0 bridgehead atoms. The molecule has 6 nitrogen and oxygen atoms in total. The first-order valence-electron chi connectivity index (χ1n) is 12.7. The normalized spacial score (nSPS) is 20.6. The molecule has 0 saturated carbocycles. The lowest BCUT2D eigenvalue weighted by Crippen LogP contribution is -2.45. The molecule has 6 heteroatoms. The number of hydrogen-bond acceptors (Lipinski definition) is 4. The third-order valence-electron chi connectivity index (χ3n) is 7.53. The highest BCUT2D eigenvalue weighted by atomic mass is 16.5. The zero-order valence-corrected chi connectivity index (χ0v) is 21.5. The van der Waals surface area contributed by atoms with E-state index in [-0.39, 0.29) is 17.9 Å². The summed E-state index contributed by atoms with van der Waals surface area (Å²) in [6, 6.07) is 4.24. The van der Waals surface area contributed by atoms with Gasteiger partial charge in [-0.05, 0) is 96.0 Å². The molecule has 1 saturated heterocycles. The molecular formula is C27H43N3O3. The van der Waals surface area contributed by atoms with Crippen LogP contribution in [-0.2, 0) is 14.9 Å². The number of ether oxygens (including phenoxy) is 1. The first kappa shape index (κ1) is 25.7. The summed E-state index contributed by atoms with van der Waals surface area (Å²) in [5.74, 6) is 0.696. The van der Waals surface area contributed by atoms with Crippen molar-refractivity contribution >= 4 is 17.5 Å². The van der Waals surface area contributed by atoms with Crippen LogP contribution in [0.1, 0.15) is 81.3 Å². The Morgan fingerprint density at radius 1 is 1.33 bits per heavy atom. The van der Waals surface area contributed by atoms with E-state index in [1.807, 2.05) is 31.7 Å². The third kappa shape index (κ3) is 5.43. The number of carbonyl (C=O) groups is 2. The first-order chi connectivity index (χ1) is 15.7. The summed E-state index contributed by atoms with van der Waals surface area (Å²) >= 11 is 0. The van der Waals surface area contributed by atoms with Gasteiger partial charge in [-0.1, -0.05) is 13.0 Å². The average molecular weight is 458 g/mol. The van der Waals surface area contributed by atoms with Crippen LogP contribution < -0.4 is 10.2 Å². The number of benzene rings is 1. The zero-order chi connectivity index (χ0) is 24.2. The molecule has 2 aliphatic heterocycles. The van der Waals surface area contributed by atoms with E-state index in [1.54, 1.807) is 7.11 Å². The van der Waals surface area contributed by atoms with Gasteiger partial charge in [0.15, 0.2) is 0 Å². The van der Waals surface area contributed by atoms with Crippen LogP contribution in [0.5, 0.6) is 0 Å². The maximum Gasteiger partial charge on any atom is 0.254 e. The van der Waals surface area contributed by atoms with Crippen molar-refractivity contribution < 1.29 is 14.3 Å². The number of rotatable bonds is 10. The third-order valence-corrected chi connectivity index (χ3v) is 7.53. The van der Waals surface area contributed by atoms with Gasteiger partial charge < -0.3 is 19.9 Å². The van der Waals surface area contributed by atoms with Gasteiger partial charge in [0.25, 0.3) is 5.91 Å². The molecule has 184 valence electrons. The van der Waals surface area contributed by atoms with Crippen LogP contribution in [0.2, 0.25) is 0 Å². The van der Waals surface area contributed by atoms with Crippen LogP contribution in [0.4, 0.5) is 5.69 Å². The van der Waals surface area contributed by atoms with Crippen LogP contribution in [0.15, 0.2) is 12.1 Å². The van der Waals surface area contributed by atoms with Gasteiger partial charge in [0.1, 0.15) is 0 Å². The minimum absolute atomic E-state index is 0.0895. The molecule has 33 heavy (non-hydrogen) atoms. The molecule has 2 amide bonds. The van der Waals surface area contributed by atoms with Gasteiger partial charge in [-0.25, -0.2) is 0 Å². The molecule has 1 unspecified atom stereocenters. The van der Waals surface area contributed by atoms with Crippen LogP contribution in [0.25, 0.3) is 0 Å². The number of fused-ring (bicyclic) bond motifs is 1. The largest absolute Gasteiger partial charge is 0.385 e. The van der Waals surface area contributed by atoms with Gasteiger partial charge in [-0.2, -0.15) is 0 Å². The summed E-state index contributed by atoms with van der Waals surface area (Å²) in [5, 5.41) is 3.48. The van der Waals surface area contributed by atoms with E-state index >= 15 is 0 Å². The van der Waals surface area contributed by atoms with Crippen LogP contribution >= 0.6 is 0 Å². The van der Waals surface area contributed by atoms with E-state index in [2.05, 4.69) is 30.1 Å². The Hall–Kier alpha value is -1.92. The fourth-order valence-electron chi connectivity index (χ4n) is 5.15. The van der Waals surface area contributed by atoms with Crippen molar-refractivity contribution in [3.8, 4) is 0 Å². The molecule has 1 aromatic rings. The Balaban J connectivity index is 1.91. The molecule has 1 aromatic carbocycles. The predicted octanol–water partition coefficient (Wildman–Crippen LogP) is 4.29. The van der Waals surface area contributed by atoms with Crippen molar-refractivity contribution in [3.05, 3.63) is 28.8 Å². The summed E-state index contributed by atoms with van der Waals surface area (Å²) in [4.78, 5) is 31.1. The smallest absolute Gasteiger partial charge is 0.254 e. The monoisotopic (exact) mass is 457 g/mol. The lowest BCUT2D eigenvalue weighted by atomic mass is 9.84. The minimum atomic E-state index is -0.576. The molecule has 1 fully saturated rings. The molecule has 0 aromatic heterocycles. The standard InChI is InChI=1S/C27H43N3O3/c1-7-20(3)30(18-21-11-10-12-28-17-21)25(31)22-16-24-23(15-19(22)2)27(4,5)26(32)29(24)13-8-9-14-33-6/h15-16,20-21,28H,7-14,17-18H2,1-6H3/t20?,21-/m1/s1. The van der Waals surface area contributed by atoms with Crippen molar-refractivity contribution in [3.63, 3.8) is 0 Å². The Morgan fingerprint density at radius 2 is 2.09 bits per heavy atom. The van der Waals surface area contributed by atoms with E-state index in [1.165, 1.54) is 6.42 Å². The Bertz CT molecular complexity index is 845. The number of aryl methyl sites for hydroxylation is 1. The fraction of sp³-hybridized carbons (Fsp3) is 0.704. The van der Waals surface area contributed by atoms with E-state index in [9.17, 15) is 9.59 Å². The van der Waals surface area contributed by atoms with Gasteiger partial charge >= 0.3 is 0 Å². The number of hydrogen-bond donors (Lipinski definition) is 1. The van der Waals surface area contributed by atoms with Crippen molar-refractivity contribution in [2.24, 2.45) is 5.92 Å². The van der Waals surface area contributed by atoms with Crippen LogP contribution in [0.3, 0.4) is 0 Å². The number of amides is 2. The van der Waals surface area contributed by atoms with E-state index in [0.29, 0.717) is 19.1 Å². The summed E-state index contributed by atoms with van der Waals surface area (Å²) in [7, 11) is 1.70. The number of unbranched alkanes of at least 4 members (excludes halogenated alkanes) is 1. The number of nitrogens with one attached hydrogen (secondary N) is 1. The number of carbonyl (C=O) groups excluding carboxylic acids is 2. The number of piperidine rings is 1. The fourth-order valence-corrected chi connectivity index (χ4v) is 5.15. The Morgan fingerprint density at radius 3 is 2.73 bits per heavy atom. The SMILES string of the molecule is CCC(C)N(C[C@@H]1CCCNC1)C(=O)c1cc2c(cc1C)C(C)(C)C(=O)N2CCCCOC. The van der Waals surface area contributed by atoms with Crippen molar-refractivity contribution in [2.75, 3.05) is 44.8 Å². The van der Waals surface area contributed by atoms with Crippen molar-refractivity contribution in [2.45, 2.75) is 78.2 Å². The van der Waals surface area contributed by atoms with Gasteiger partial charge in [0, 0.05) is 44.1 Å². The summed E-state index contributed by atoms with van der Waals surface area (Å²) in [5.41, 5.74) is 3.04. The molecule has 2 atom stereocenters. The summed E-state index contributed by atoms with van der Waals surface area (Å²) < 4.78 is 5.17. The van der Waals surface area contributed by atoms with Gasteiger partial charge in [-0.3, -0.25) is 9.59 Å². The second-order valence-electron chi connectivity index (χ2n) is 10.4. The van der Waals surface area contributed by atoms with Crippen molar-refractivity contribution in [1.29, 1.82) is 0 Å². The van der Waals surface area contributed by atoms with Crippen LogP contribution in [0, 0.1) is 12.8 Å². The number of anilines is 1. The average Bonchev–Trinajstić information content (AvgIpc) is 2.99. The Kier molecular flexibility index (Phi) is 8.57. The lowest BCUT2D eigenvalue weighted by molar-refractivity contribution is -0.122. The molecule has 1 N–H and O–H groups in total. The van der Waals surface area contributed by atoms with Gasteiger partial charge in [0.2, 0.25) is 5.91 Å². The van der Waals surface area contributed by atoms with E-state index < -0.39 is 5.41 Å². The molecule has 2 aliphatic rings. The Labute approximate surface area is 200 Å². The maximum absolute atomic E-state index is 13.9. The molecule has 0 spiro atoms. The second-order valence-corrected chi connectivity index (χ2v) is 10.4. The van der Waals surface area contributed by atoms with E-state index in [0.717, 1.165) is 67.7 Å². The second kappa shape index (κ2) is 11.0. The number of methoxy groups -OCH3 is 1. The summed E-state index contributed by atoms with van der Waals surface area (Å²) in [6.07, 6.45) is 5.03. The topological polar surface area (TPSA) is 61.9 Å². The maximum atomic E-state index is 13.9. The molecule has 0 aliphatic carbocycles. The molecule has 0 radical (unpaired) electrons. The lowest BCUT2D eigenvalue weighted by Gasteiger charge is -2.34. The molecule has 2 heterocycles. The highest BCUT2D eigenvalue weighted by molar-refractivity contribution is 6.09. The van der Waals surface area contributed by atoms with Gasteiger partial charge in [0.05, 0.1) is 5.41 Å². The van der Waals surface area contributed by atoms with Crippen molar-refractivity contribution in [1.82, 2.24) is 10.2 Å². The quantitative estimate of drug-likeness (QED) is 0.533. The highest BCUT2D eigenvalue weighted by Crippen LogP contribution is 2.43. The van der Waals surface area contributed by atoms with Gasteiger partial charge in [-0.15, -0.1) is 0 Å². The first-order valence-corrected chi connectivity index (χ1v) is 12.7. The van der Waals surface area contributed by atoms with E-state index in [4.69, 9.17) is 4.74 Å². The summed E-state index contributed by atoms with van der Waals surface area (Å²) in [6.45, 7) is 14.4. The molecular weight excluding hydrogens is 414 g/mol. The number of nitrogens with zero attached hydrogens (tertiary/aromatic N) is 2. The minimum Gasteiger partial charge on any atom is -0.385 e. The highest BCUT2D eigenvalue weighted by Gasteiger charge is 2.44. The van der Waals surface area contributed by atoms with Crippen LogP contribution in [-0.4, -0.2) is 62.7 Å². The zero-order valence-electron chi connectivity index (χ0n) is 21.5.